The molecule has 0 saturated heterocycles. The molecule has 1 N–H and O–H groups in total. The van der Waals surface area contributed by atoms with Crippen LogP contribution in [0.15, 0.2) is 48.5 Å². The Kier molecular flexibility index (Phi) is 4.70. The number of aliphatic hydroxyl groups is 1. The topological polar surface area (TPSA) is 37.3 Å². The van der Waals surface area contributed by atoms with Gasteiger partial charge in [-0.25, -0.2) is 0 Å². The Balaban J connectivity index is 2.12. The van der Waals surface area contributed by atoms with Crippen LogP contribution in [0.25, 0.3) is 11.1 Å². The van der Waals surface area contributed by atoms with Crippen molar-refractivity contribution < 1.29 is 9.90 Å². The molecule has 1 unspecified atom stereocenters. The van der Waals surface area contributed by atoms with E-state index in [1.807, 2.05) is 31.2 Å². The summed E-state index contributed by atoms with van der Waals surface area (Å²) in [4.78, 5) is 11.3. The maximum Gasteiger partial charge on any atom is 0.132 e. The van der Waals surface area contributed by atoms with Crippen LogP contribution in [-0.4, -0.2) is 10.9 Å². The monoisotopic (exact) mass is 268 g/mol. The zero-order valence-electron chi connectivity index (χ0n) is 12.0. The van der Waals surface area contributed by atoms with Crippen molar-refractivity contribution in [2.45, 2.75) is 26.9 Å². The molecule has 0 aromatic heterocycles. The standard InChI is InChI=1S/C18H20O2/c1-13(14(2)20)11-15-3-7-17(8-4-15)18-9-5-16(12-19)6-10-18/h3-10,13,19H,11-12H2,1-2H3. The highest BCUT2D eigenvalue weighted by molar-refractivity contribution is 5.78. The Hall–Kier alpha value is -1.93. The molecule has 2 heteroatoms. The van der Waals surface area contributed by atoms with Gasteiger partial charge < -0.3 is 5.11 Å². The molecule has 0 amide bonds. The predicted octanol–water partition coefficient (Wildman–Crippen LogP) is 3.61. The second kappa shape index (κ2) is 6.49. The molecular weight excluding hydrogens is 248 g/mol. The lowest BCUT2D eigenvalue weighted by Gasteiger charge is -2.09. The van der Waals surface area contributed by atoms with Crippen LogP contribution in [0.5, 0.6) is 0 Å². The highest BCUT2D eigenvalue weighted by atomic mass is 16.3. The van der Waals surface area contributed by atoms with Gasteiger partial charge in [0.25, 0.3) is 0 Å². The van der Waals surface area contributed by atoms with Crippen LogP contribution in [0.4, 0.5) is 0 Å². The van der Waals surface area contributed by atoms with E-state index in [4.69, 9.17) is 5.11 Å². The Bertz CT molecular complexity index is 567. The molecule has 2 aromatic carbocycles. The van der Waals surface area contributed by atoms with Crippen molar-refractivity contribution in [3.8, 4) is 11.1 Å². The van der Waals surface area contributed by atoms with Gasteiger partial charge in [0, 0.05) is 5.92 Å². The second-order valence-corrected chi connectivity index (χ2v) is 5.27. The SMILES string of the molecule is CC(=O)C(C)Cc1ccc(-c2ccc(CO)cc2)cc1. The molecule has 2 aromatic rings. The van der Waals surface area contributed by atoms with Gasteiger partial charge in [0.2, 0.25) is 0 Å². The van der Waals surface area contributed by atoms with Crippen molar-refractivity contribution in [2.75, 3.05) is 0 Å². The van der Waals surface area contributed by atoms with Gasteiger partial charge in [0.05, 0.1) is 6.61 Å². The van der Waals surface area contributed by atoms with Crippen molar-refractivity contribution in [2.24, 2.45) is 5.92 Å². The molecule has 2 nitrogen and oxygen atoms in total. The molecule has 0 spiro atoms. The van der Waals surface area contributed by atoms with Crippen molar-refractivity contribution in [1.82, 2.24) is 0 Å². The molecule has 1 atom stereocenters. The fourth-order valence-corrected chi connectivity index (χ4v) is 2.13. The lowest BCUT2D eigenvalue weighted by Crippen LogP contribution is -2.09. The van der Waals surface area contributed by atoms with E-state index in [1.165, 1.54) is 5.56 Å². The third-order valence-corrected chi connectivity index (χ3v) is 3.66. The van der Waals surface area contributed by atoms with Gasteiger partial charge in [-0.3, -0.25) is 4.79 Å². The number of aliphatic hydroxyl groups excluding tert-OH is 1. The Morgan fingerprint density at radius 2 is 1.40 bits per heavy atom. The van der Waals surface area contributed by atoms with Crippen LogP contribution in [0, 0.1) is 5.92 Å². The van der Waals surface area contributed by atoms with Crippen LogP contribution in [0.3, 0.4) is 0 Å². The minimum atomic E-state index is 0.0716. The third kappa shape index (κ3) is 3.55. The number of carbonyl (C=O) groups excluding carboxylic acids is 1. The van der Waals surface area contributed by atoms with Crippen molar-refractivity contribution in [1.29, 1.82) is 0 Å². The molecule has 104 valence electrons. The number of benzene rings is 2. The predicted molar refractivity (Wildman–Crippen MR) is 81.3 cm³/mol. The van der Waals surface area contributed by atoms with E-state index < -0.39 is 0 Å². The van der Waals surface area contributed by atoms with E-state index in [2.05, 4.69) is 24.3 Å². The molecule has 0 saturated carbocycles. The number of carbonyl (C=O) groups is 1. The normalized spacial score (nSPS) is 12.2. The van der Waals surface area contributed by atoms with Gasteiger partial charge in [-0.1, -0.05) is 55.5 Å². The summed E-state index contributed by atoms with van der Waals surface area (Å²) in [6.07, 6.45) is 0.791. The molecule has 0 heterocycles. The number of hydrogen-bond acceptors (Lipinski definition) is 2. The first-order valence-electron chi connectivity index (χ1n) is 6.89. The zero-order chi connectivity index (χ0) is 14.5. The van der Waals surface area contributed by atoms with Crippen molar-refractivity contribution >= 4 is 5.78 Å². The largest absolute Gasteiger partial charge is 0.392 e. The minimum Gasteiger partial charge on any atom is -0.392 e. The molecule has 0 bridgehead atoms. The number of hydrogen-bond donors (Lipinski definition) is 1. The van der Waals surface area contributed by atoms with Crippen LogP contribution in [0.1, 0.15) is 25.0 Å². The molecule has 0 radical (unpaired) electrons. The summed E-state index contributed by atoms with van der Waals surface area (Å²) in [5.74, 6) is 0.304. The van der Waals surface area contributed by atoms with E-state index in [0.717, 1.165) is 23.1 Å². The Morgan fingerprint density at radius 3 is 1.80 bits per heavy atom. The molecule has 0 aliphatic rings. The van der Waals surface area contributed by atoms with Crippen LogP contribution in [-0.2, 0) is 17.8 Å². The Labute approximate surface area is 120 Å². The summed E-state index contributed by atoms with van der Waals surface area (Å²) < 4.78 is 0. The van der Waals surface area contributed by atoms with Crippen LogP contribution < -0.4 is 0 Å². The average molecular weight is 268 g/mol. The smallest absolute Gasteiger partial charge is 0.132 e. The summed E-state index contributed by atoms with van der Waals surface area (Å²) in [5, 5.41) is 9.04. The van der Waals surface area contributed by atoms with Gasteiger partial charge in [-0.15, -0.1) is 0 Å². The first-order valence-corrected chi connectivity index (χ1v) is 6.89. The fourth-order valence-electron chi connectivity index (χ4n) is 2.13. The second-order valence-electron chi connectivity index (χ2n) is 5.27. The highest BCUT2D eigenvalue weighted by Gasteiger charge is 2.08. The van der Waals surface area contributed by atoms with E-state index in [9.17, 15) is 4.79 Å². The maximum atomic E-state index is 11.3. The summed E-state index contributed by atoms with van der Waals surface area (Å²) in [7, 11) is 0. The van der Waals surface area contributed by atoms with Gasteiger partial charge in [-0.2, -0.15) is 0 Å². The summed E-state index contributed by atoms with van der Waals surface area (Å²) in [5.41, 5.74) is 4.38. The number of Topliss-reactive ketones (excluding diaryl/α,β-unsaturated/α-hetero) is 1. The van der Waals surface area contributed by atoms with E-state index in [-0.39, 0.29) is 18.3 Å². The third-order valence-electron chi connectivity index (χ3n) is 3.66. The number of rotatable bonds is 5. The lowest BCUT2D eigenvalue weighted by atomic mass is 9.96. The molecule has 2 rings (SSSR count). The van der Waals surface area contributed by atoms with E-state index in [0.29, 0.717) is 0 Å². The molecule has 20 heavy (non-hydrogen) atoms. The van der Waals surface area contributed by atoms with Gasteiger partial charge in [-0.05, 0) is 35.6 Å². The van der Waals surface area contributed by atoms with E-state index >= 15 is 0 Å². The van der Waals surface area contributed by atoms with Crippen LogP contribution in [0.2, 0.25) is 0 Å². The average Bonchev–Trinajstić information content (AvgIpc) is 2.48. The first kappa shape index (κ1) is 14.5. The zero-order valence-corrected chi connectivity index (χ0v) is 12.0. The van der Waals surface area contributed by atoms with Crippen molar-refractivity contribution in [3.05, 3.63) is 59.7 Å². The summed E-state index contributed by atoms with van der Waals surface area (Å²) >= 11 is 0. The molecule has 0 fully saturated rings. The Morgan fingerprint density at radius 1 is 0.950 bits per heavy atom. The van der Waals surface area contributed by atoms with E-state index in [1.54, 1.807) is 6.92 Å². The minimum absolute atomic E-state index is 0.0716. The highest BCUT2D eigenvalue weighted by Crippen LogP contribution is 2.21. The van der Waals surface area contributed by atoms with Crippen LogP contribution >= 0.6 is 0 Å². The number of ketones is 1. The van der Waals surface area contributed by atoms with Crippen molar-refractivity contribution in [3.63, 3.8) is 0 Å². The van der Waals surface area contributed by atoms with Gasteiger partial charge in [0.1, 0.15) is 5.78 Å². The lowest BCUT2D eigenvalue weighted by molar-refractivity contribution is -0.120. The van der Waals surface area contributed by atoms with Gasteiger partial charge >= 0.3 is 0 Å². The molecule has 0 aliphatic heterocycles. The first-order chi connectivity index (χ1) is 9.60. The molecular formula is C18H20O2. The quantitative estimate of drug-likeness (QED) is 0.899. The van der Waals surface area contributed by atoms with Gasteiger partial charge in [0.15, 0.2) is 0 Å². The molecule has 0 aliphatic carbocycles. The summed E-state index contributed by atoms with van der Waals surface area (Å²) in [6.45, 7) is 3.67. The fraction of sp³-hybridized carbons (Fsp3) is 0.278. The summed E-state index contributed by atoms with van der Waals surface area (Å²) in [6, 6.07) is 16.2. The maximum absolute atomic E-state index is 11.3.